The predicted octanol–water partition coefficient (Wildman–Crippen LogP) is 3.30. The molecule has 0 radical (unpaired) electrons. The molecular weight excluding hydrogens is 326 g/mol. The number of nitrogens with one attached hydrogen (secondary N) is 1. The number of nitrogens with zero attached hydrogens (tertiary/aromatic N) is 2. The minimum Gasteiger partial charge on any atom is -0.455 e. The van der Waals surface area contributed by atoms with Crippen LogP contribution in [0.5, 0.6) is 0 Å². The number of rotatable bonds is 7. The summed E-state index contributed by atoms with van der Waals surface area (Å²) in [6, 6.07) is 13.7. The van der Waals surface area contributed by atoms with E-state index in [4.69, 9.17) is 4.42 Å². The van der Waals surface area contributed by atoms with Gasteiger partial charge in [-0.2, -0.15) is 0 Å². The highest BCUT2D eigenvalue weighted by atomic mass is 16.4. The van der Waals surface area contributed by atoms with Crippen molar-refractivity contribution in [2.24, 2.45) is 0 Å². The molecule has 140 valence electrons. The molecule has 1 N–H and O–H groups in total. The number of hydrogen-bond donors (Lipinski definition) is 1. The van der Waals surface area contributed by atoms with Crippen LogP contribution in [0, 0.1) is 0 Å². The van der Waals surface area contributed by atoms with E-state index in [9.17, 15) is 4.79 Å². The zero-order valence-corrected chi connectivity index (χ0v) is 15.8. The molecule has 1 aromatic carbocycles. The molecule has 1 atom stereocenters. The highest BCUT2D eigenvalue weighted by Crippen LogP contribution is 2.17. The summed E-state index contributed by atoms with van der Waals surface area (Å²) in [5.41, 5.74) is 1.09. The molecule has 1 aliphatic rings. The van der Waals surface area contributed by atoms with Crippen molar-refractivity contribution in [1.82, 2.24) is 15.1 Å². The third kappa shape index (κ3) is 5.19. The van der Waals surface area contributed by atoms with Gasteiger partial charge in [0.15, 0.2) is 5.76 Å². The van der Waals surface area contributed by atoms with Crippen molar-refractivity contribution < 1.29 is 9.21 Å². The second-order valence-electron chi connectivity index (χ2n) is 7.30. The summed E-state index contributed by atoms with van der Waals surface area (Å²) in [4.78, 5) is 17.1. The second kappa shape index (κ2) is 9.01. The van der Waals surface area contributed by atoms with Gasteiger partial charge in [-0.3, -0.25) is 9.69 Å². The van der Waals surface area contributed by atoms with Crippen LogP contribution in [0.1, 0.15) is 47.2 Å². The van der Waals surface area contributed by atoms with E-state index in [0.29, 0.717) is 5.76 Å². The van der Waals surface area contributed by atoms with Gasteiger partial charge in [-0.05, 0) is 57.7 Å². The van der Waals surface area contributed by atoms with Crippen molar-refractivity contribution in [2.45, 2.75) is 31.8 Å². The Hall–Kier alpha value is -2.11. The largest absolute Gasteiger partial charge is 0.455 e. The molecule has 1 fully saturated rings. The molecule has 2 aromatic rings. The van der Waals surface area contributed by atoms with Gasteiger partial charge >= 0.3 is 0 Å². The maximum absolute atomic E-state index is 12.7. The summed E-state index contributed by atoms with van der Waals surface area (Å²) in [5.74, 6) is 1.09. The summed E-state index contributed by atoms with van der Waals surface area (Å²) in [7, 11) is 4.01. The molecule has 5 nitrogen and oxygen atoms in total. The fourth-order valence-electron chi connectivity index (χ4n) is 3.44. The first-order valence-corrected chi connectivity index (χ1v) is 9.43. The zero-order valence-electron chi connectivity index (χ0n) is 15.8. The first kappa shape index (κ1) is 18.7. The normalized spacial score (nSPS) is 16.6. The number of likely N-dealkylation sites (N-methyl/N-ethyl adjacent to an activating group) is 1. The van der Waals surface area contributed by atoms with Crippen LogP contribution in [0.2, 0.25) is 0 Å². The Morgan fingerprint density at radius 2 is 1.85 bits per heavy atom. The van der Waals surface area contributed by atoms with E-state index in [-0.39, 0.29) is 11.9 Å². The van der Waals surface area contributed by atoms with E-state index >= 15 is 0 Å². The summed E-state index contributed by atoms with van der Waals surface area (Å²) in [6.45, 7) is 3.74. The van der Waals surface area contributed by atoms with Gasteiger partial charge in [0, 0.05) is 6.54 Å². The lowest BCUT2D eigenvalue weighted by atomic mass is 10.1. The molecule has 5 heteroatoms. The van der Waals surface area contributed by atoms with Crippen LogP contribution >= 0.6 is 0 Å². The van der Waals surface area contributed by atoms with Crippen molar-refractivity contribution in [3.63, 3.8) is 0 Å². The quantitative estimate of drug-likeness (QED) is 0.828. The van der Waals surface area contributed by atoms with Crippen molar-refractivity contribution >= 4 is 5.91 Å². The molecule has 1 aliphatic heterocycles. The number of piperidine rings is 1. The Labute approximate surface area is 156 Å². The van der Waals surface area contributed by atoms with Crippen LogP contribution in [0.25, 0.3) is 0 Å². The third-order valence-electron chi connectivity index (χ3n) is 4.77. The molecule has 0 aliphatic carbocycles. The summed E-state index contributed by atoms with van der Waals surface area (Å²) in [6.07, 6.45) is 3.81. The number of furan rings is 1. The molecule has 0 saturated carbocycles. The summed E-state index contributed by atoms with van der Waals surface area (Å²) in [5, 5.41) is 3.11. The maximum atomic E-state index is 12.7. The van der Waals surface area contributed by atoms with Gasteiger partial charge in [0.05, 0.1) is 12.6 Å². The molecule has 1 amide bonds. The molecule has 0 bridgehead atoms. The van der Waals surface area contributed by atoms with Gasteiger partial charge < -0.3 is 14.6 Å². The van der Waals surface area contributed by atoms with Crippen LogP contribution in [-0.2, 0) is 6.54 Å². The van der Waals surface area contributed by atoms with E-state index < -0.39 is 0 Å². The molecule has 26 heavy (non-hydrogen) atoms. The molecule has 2 heterocycles. The molecule has 3 rings (SSSR count). The number of benzene rings is 1. The van der Waals surface area contributed by atoms with Gasteiger partial charge in [0.1, 0.15) is 5.76 Å². The van der Waals surface area contributed by atoms with Crippen molar-refractivity contribution in [3.8, 4) is 0 Å². The number of amides is 1. The van der Waals surface area contributed by atoms with Gasteiger partial charge in [0.2, 0.25) is 0 Å². The predicted molar refractivity (Wildman–Crippen MR) is 103 cm³/mol. The van der Waals surface area contributed by atoms with Crippen LogP contribution in [0.15, 0.2) is 46.9 Å². The van der Waals surface area contributed by atoms with E-state index in [0.717, 1.165) is 37.5 Å². The zero-order chi connectivity index (χ0) is 18.4. The second-order valence-corrected chi connectivity index (χ2v) is 7.30. The van der Waals surface area contributed by atoms with E-state index in [2.05, 4.69) is 15.1 Å². The van der Waals surface area contributed by atoms with Crippen LogP contribution in [0.4, 0.5) is 0 Å². The standard InChI is InChI=1S/C21H29N3O2/c1-23(2)16-19(17-9-5-3-6-10-17)22-21(25)20-12-11-18(26-20)15-24-13-7-4-8-14-24/h3,5-6,9-12,19H,4,7-8,13-16H2,1-2H3,(H,22,25). The summed E-state index contributed by atoms with van der Waals surface area (Å²) >= 11 is 0. The number of carbonyl (C=O) groups excluding carboxylic acids is 1. The van der Waals surface area contributed by atoms with Crippen LogP contribution in [-0.4, -0.2) is 49.4 Å². The lowest BCUT2D eigenvalue weighted by molar-refractivity contribution is 0.0897. The van der Waals surface area contributed by atoms with Crippen molar-refractivity contribution in [1.29, 1.82) is 0 Å². The molecule has 1 saturated heterocycles. The molecule has 1 aromatic heterocycles. The van der Waals surface area contributed by atoms with Crippen LogP contribution < -0.4 is 5.32 Å². The fourth-order valence-corrected chi connectivity index (χ4v) is 3.44. The topological polar surface area (TPSA) is 48.7 Å². The van der Waals surface area contributed by atoms with E-state index in [1.54, 1.807) is 6.07 Å². The van der Waals surface area contributed by atoms with Gasteiger partial charge in [-0.1, -0.05) is 36.8 Å². The average molecular weight is 355 g/mol. The first-order chi connectivity index (χ1) is 12.6. The Bertz CT molecular complexity index is 690. The number of likely N-dealkylation sites (tertiary alicyclic amines) is 1. The van der Waals surface area contributed by atoms with Gasteiger partial charge in [-0.15, -0.1) is 0 Å². The van der Waals surface area contributed by atoms with Crippen molar-refractivity contribution in [2.75, 3.05) is 33.7 Å². The molecule has 1 unspecified atom stereocenters. The van der Waals surface area contributed by atoms with Crippen molar-refractivity contribution in [3.05, 3.63) is 59.5 Å². The Balaban J connectivity index is 1.64. The third-order valence-corrected chi connectivity index (χ3v) is 4.77. The minimum absolute atomic E-state index is 0.0747. The SMILES string of the molecule is CN(C)CC(NC(=O)c1ccc(CN2CCCCC2)o1)c1ccccc1. The highest BCUT2D eigenvalue weighted by molar-refractivity contribution is 5.91. The van der Waals surface area contributed by atoms with Gasteiger partial charge in [0.25, 0.3) is 5.91 Å². The van der Waals surface area contributed by atoms with Gasteiger partial charge in [-0.25, -0.2) is 0 Å². The lowest BCUT2D eigenvalue weighted by Crippen LogP contribution is -2.35. The number of hydrogen-bond acceptors (Lipinski definition) is 4. The summed E-state index contributed by atoms with van der Waals surface area (Å²) < 4.78 is 5.82. The monoisotopic (exact) mass is 355 g/mol. The van der Waals surface area contributed by atoms with Crippen LogP contribution in [0.3, 0.4) is 0 Å². The number of carbonyl (C=O) groups is 1. The maximum Gasteiger partial charge on any atom is 0.287 e. The first-order valence-electron chi connectivity index (χ1n) is 9.43. The van der Waals surface area contributed by atoms with E-state index in [1.807, 2.05) is 50.5 Å². The molecular formula is C21H29N3O2. The Morgan fingerprint density at radius 3 is 2.54 bits per heavy atom. The molecule has 0 spiro atoms. The Kier molecular flexibility index (Phi) is 6.47. The van der Waals surface area contributed by atoms with E-state index in [1.165, 1.54) is 19.3 Å². The average Bonchev–Trinajstić information content (AvgIpc) is 3.11. The highest BCUT2D eigenvalue weighted by Gasteiger charge is 2.20. The fraction of sp³-hybridized carbons (Fsp3) is 0.476. The minimum atomic E-state index is -0.161. The smallest absolute Gasteiger partial charge is 0.287 e. The lowest BCUT2D eigenvalue weighted by Gasteiger charge is -2.25. The Morgan fingerprint density at radius 1 is 1.12 bits per heavy atom.